The molecule has 0 aromatic heterocycles. The van der Waals surface area contributed by atoms with E-state index in [1.165, 1.54) is 31.2 Å². The van der Waals surface area contributed by atoms with Crippen molar-refractivity contribution in [1.82, 2.24) is 0 Å². The summed E-state index contributed by atoms with van der Waals surface area (Å²) in [5.41, 5.74) is 7.55. The lowest BCUT2D eigenvalue weighted by Crippen LogP contribution is -2.32. The molecular weight excluding hydrogens is 238 g/mol. The lowest BCUT2D eigenvalue weighted by molar-refractivity contribution is 0.280. The largest absolute Gasteiger partial charge is 0.493 e. The van der Waals surface area contributed by atoms with Gasteiger partial charge in [-0.15, -0.1) is 0 Å². The van der Waals surface area contributed by atoms with Crippen LogP contribution < -0.4 is 15.2 Å². The molecule has 3 heteroatoms. The number of nitrogens with two attached hydrogens (primary N) is 1. The van der Waals surface area contributed by atoms with Crippen LogP contribution in [0.15, 0.2) is 18.2 Å². The third-order valence-corrected chi connectivity index (χ3v) is 4.55. The molecule has 3 rings (SSSR count). The Morgan fingerprint density at radius 3 is 2.53 bits per heavy atom. The highest BCUT2D eigenvalue weighted by molar-refractivity contribution is 5.46. The molecule has 2 aliphatic rings. The van der Waals surface area contributed by atoms with Gasteiger partial charge in [0, 0.05) is 12.0 Å². The molecule has 1 aromatic rings. The van der Waals surface area contributed by atoms with Crippen molar-refractivity contribution < 1.29 is 9.47 Å². The van der Waals surface area contributed by atoms with Gasteiger partial charge in [-0.1, -0.05) is 18.9 Å². The van der Waals surface area contributed by atoms with E-state index in [4.69, 9.17) is 15.2 Å². The van der Waals surface area contributed by atoms with Gasteiger partial charge in [-0.3, -0.25) is 0 Å². The van der Waals surface area contributed by atoms with Crippen molar-refractivity contribution in [2.75, 3.05) is 13.7 Å². The summed E-state index contributed by atoms with van der Waals surface area (Å²) in [6, 6.07) is 6.36. The van der Waals surface area contributed by atoms with Crippen LogP contribution in [0.25, 0.3) is 0 Å². The fourth-order valence-corrected chi connectivity index (χ4v) is 3.13. The van der Waals surface area contributed by atoms with Crippen LogP contribution in [-0.4, -0.2) is 19.8 Å². The molecule has 2 N–H and O–H groups in total. The molecule has 0 unspecified atom stereocenters. The smallest absolute Gasteiger partial charge is 0.161 e. The second kappa shape index (κ2) is 5.04. The van der Waals surface area contributed by atoms with Crippen LogP contribution in [0, 0.1) is 0 Å². The Balaban J connectivity index is 1.92. The highest BCUT2D eigenvalue weighted by Crippen LogP contribution is 2.43. The van der Waals surface area contributed by atoms with Crippen LogP contribution in [0.2, 0.25) is 0 Å². The van der Waals surface area contributed by atoms with Crippen LogP contribution in [0.3, 0.4) is 0 Å². The van der Waals surface area contributed by atoms with Crippen LogP contribution in [-0.2, 0) is 5.41 Å². The Bertz CT molecular complexity index is 448. The molecule has 19 heavy (non-hydrogen) atoms. The van der Waals surface area contributed by atoms with E-state index in [9.17, 15) is 0 Å². The maximum atomic E-state index is 6.06. The van der Waals surface area contributed by atoms with E-state index >= 15 is 0 Å². The summed E-state index contributed by atoms with van der Waals surface area (Å²) in [5.74, 6) is 1.73. The SMILES string of the molecule is COc1ccc(C2(CN)CCCC2)cc1OC1CC1. The molecule has 2 fully saturated rings. The summed E-state index contributed by atoms with van der Waals surface area (Å²) in [6.07, 6.45) is 7.66. The zero-order valence-corrected chi connectivity index (χ0v) is 11.7. The normalized spacial score (nSPS) is 21.4. The van der Waals surface area contributed by atoms with Gasteiger partial charge in [0.2, 0.25) is 0 Å². The Morgan fingerprint density at radius 1 is 1.21 bits per heavy atom. The quantitative estimate of drug-likeness (QED) is 0.886. The average Bonchev–Trinajstić information content (AvgIpc) is 3.12. The van der Waals surface area contributed by atoms with E-state index in [0.717, 1.165) is 30.9 Å². The Hall–Kier alpha value is -1.22. The molecule has 2 aliphatic carbocycles. The van der Waals surface area contributed by atoms with E-state index in [2.05, 4.69) is 12.1 Å². The van der Waals surface area contributed by atoms with E-state index in [0.29, 0.717) is 6.10 Å². The third kappa shape index (κ3) is 2.44. The van der Waals surface area contributed by atoms with Crippen LogP contribution in [0.1, 0.15) is 44.1 Å². The number of ether oxygens (including phenoxy) is 2. The number of rotatable bonds is 5. The summed E-state index contributed by atoms with van der Waals surface area (Å²) >= 11 is 0. The van der Waals surface area contributed by atoms with Gasteiger partial charge in [-0.05, 0) is 43.4 Å². The fourth-order valence-electron chi connectivity index (χ4n) is 3.13. The molecule has 0 saturated heterocycles. The number of methoxy groups -OCH3 is 1. The maximum Gasteiger partial charge on any atom is 0.161 e. The summed E-state index contributed by atoms with van der Waals surface area (Å²) < 4.78 is 11.4. The van der Waals surface area contributed by atoms with Gasteiger partial charge >= 0.3 is 0 Å². The molecule has 0 atom stereocenters. The lowest BCUT2D eigenvalue weighted by atomic mass is 9.79. The van der Waals surface area contributed by atoms with E-state index < -0.39 is 0 Å². The minimum Gasteiger partial charge on any atom is -0.493 e. The Morgan fingerprint density at radius 2 is 1.95 bits per heavy atom. The van der Waals surface area contributed by atoms with Gasteiger partial charge in [0.15, 0.2) is 11.5 Å². The highest BCUT2D eigenvalue weighted by atomic mass is 16.5. The topological polar surface area (TPSA) is 44.5 Å². The molecule has 3 nitrogen and oxygen atoms in total. The average molecular weight is 261 g/mol. The molecule has 0 spiro atoms. The second-order valence-electron chi connectivity index (χ2n) is 5.87. The maximum absolute atomic E-state index is 6.06. The first-order valence-corrected chi connectivity index (χ1v) is 7.33. The first kappa shape index (κ1) is 12.8. The lowest BCUT2D eigenvalue weighted by Gasteiger charge is -2.28. The molecular formula is C16H23NO2. The van der Waals surface area contributed by atoms with Crippen LogP contribution in [0.5, 0.6) is 11.5 Å². The Kier molecular flexibility index (Phi) is 3.40. The highest BCUT2D eigenvalue weighted by Gasteiger charge is 2.35. The van der Waals surface area contributed by atoms with Crippen molar-refractivity contribution in [2.45, 2.75) is 50.0 Å². The first-order chi connectivity index (χ1) is 9.27. The molecule has 0 radical (unpaired) electrons. The van der Waals surface area contributed by atoms with Crippen LogP contribution in [0.4, 0.5) is 0 Å². The number of hydrogen-bond donors (Lipinski definition) is 1. The molecule has 0 aliphatic heterocycles. The standard InChI is InChI=1S/C16H23NO2/c1-18-14-7-4-12(10-15(14)19-13-5-6-13)16(11-17)8-2-3-9-16/h4,7,10,13H,2-3,5-6,8-9,11,17H2,1H3. The molecule has 2 saturated carbocycles. The van der Waals surface area contributed by atoms with E-state index in [-0.39, 0.29) is 5.41 Å². The number of benzene rings is 1. The van der Waals surface area contributed by atoms with Crippen molar-refractivity contribution in [3.05, 3.63) is 23.8 Å². The van der Waals surface area contributed by atoms with Crippen molar-refractivity contribution in [2.24, 2.45) is 5.73 Å². The van der Waals surface area contributed by atoms with Crippen molar-refractivity contribution in [3.63, 3.8) is 0 Å². The Labute approximate surface area is 115 Å². The molecule has 0 bridgehead atoms. The summed E-state index contributed by atoms with van der Waals surface area (Å²) in [5, 5.41) is 0. The monoisotopic (exact) mass is 261 g/mol. The van der Waals surface area contributed by atoms with Gasteiger partial charge in [0.25, 0.3) is 0 Å². The van der Waals surface area contributed by atoms with Crippen molar-refractivity contribution in [1.29, 1.82) is 0 Å². The van der Waals surface area contributed by atoms with Gasteiger partial charge in [0.1, 0.15) is 0 Å². The van der Waals surface area contributed by atoms with Gasteiger partial charge in [-0.2, -0.15) is 0 Å². The molecule has 0 heterocycles. The van der Waals surface area contributed by atoms with E-state index in [1.54, 1.807) is 7.11 Å². The summed E-state index contributed by atoms with van der Waals surface area (Å²) in [7, 11) is 1.70. The minimum absolute atomic E-state index is 0.161. The zero-order chi connectivity index (χ0) is 13.3. The predicted molar refractivity (Wildman–Crippen MR) is 75.8 cm³/mol. The molecule has 0 amide bonds. The second-order valence-corrected chi connectivity index (χ2v) is 5.87. The van der Waals surface area contributed by atoms with Crippen molar-refractivity contribution in [3.8, 4) is 11.5 Å². The summed E-state index contributed by atoms with van der Waals surface area (Å²) in [6.45, 7) is 0.724. The van der Waals surface area contributed by atoms with Gasteiger partial charge in [-0.25, -0.2) is 0 Å². The molecule has 1 aromatic carbocycles. The zero-order valence-electron chi connectivity index (χ0n) is 11.7. The predicted octanol–water partition coefficient (Wildman–Crippen LogP) is 3.01. The van der Waals surface area contributed by atoms with Crippen LogP contribution >= 0.6 is 0 Å². The van der Waals surface area contributed by atoms with Gasteiger partial charge < -0.3 is 15.2 Å². The van der Waals surface area contributed by atoms with E-state index in [1.807, 2.05) is 6.07 Å². The fraction of sp³-hybridized carbons (Fsp3) is 0.625. The first-order valence-electron chi connectivity index (χ1n) is 7.33. The van der Waals surface area contributed by atoms with Crippen molar-refractivity contribution >= 4 is 0 Å². The number of hydrogen-bond acceptors (Lipinski definition) is 3. The molecule has 104 valence electrons. The third-order valence-electron chi connectivity index (χ3n) is 4.55. The van der Waals surface area contributed by atoms with Gasteiger partial charge in [0.05, 0.1) is 13.2 Å². The summed E-state index contributed by atoms with van der Waals surface area (Å²) in [4.78, 5) is 0. The minimum atomic E-state index is 0.161.